The molecule has 0 saturated heterocycles. The molecule has 6 heteroatoms. The molecule has 1 aromatic heterocycles. The summed E-state index contributed by atoms with van der Waals surface area (Å²) >= 11 is 1.64. The van der Waals surface area contributed by atoms with Gasteiger partial charge in [-0.2, -0.15) is 4.98 Å². The molecule has 1 heterocycles. The molecule has 0 unspecified atom stereocenters. The number of nitrogens with zero attached hydrogens (tertiary/aromatic N) is 2. The fourth-order valence-electron chi connectivity index (χ4n) is 2.25. The maximum absolute atomic E-state index is 9.34. The van der Waals surface area contributed by atoms with Gasteiger partial charge in [-0.3, -0.25) is 0 Å². The number of nitrogens with one attached hydrogen (secondary N) is 1. The van der Waals surface area contributed by atoms with Gasteiger partial charge in [0.2, 0.25) is 5.95 Å². The van der Waals surface area contributed by atoms with E-state index in [1.54, 1.807) is 23.9 Å². The van der Waals surface area contributed by atoms with E-state index in [9.17, 15) is 5.11 Å². The van der Waals surface area contributed by atoms with E-state index in [0.29, 0.717) is 5.82 Å². The first kappa shape index (κ1) is 17.1. The number of aromatic nitrogens is 2. The molecule has 3 aromatic rings. The lowest BCUT2D eigenvalue weighted by Gasteiger charge is -2.10. The van der Waals surface area contributed by atoms with Crippen LogP contribution in [-0.4, -0.2) is 15.1 Å². The molecule has 0 aliphatic carbocycles. The zero-order chi connectivity index (χ0) is 17.8. The third kappa shape index (κ3) is 4.64. The van der Waals surface area contributed by atoms with Gasteiger partial charge < -0.3 is 16.2 Å². The van der Waals surface area contributed by atoms with Gasteiger partial charge in [-0.1, -0.05) is 25.6 Å². The van der Waals surface area contributed by atoms with Gasteiger partial charge in [0.25, 0.3) is 0 Å². The quantitative estimate of drug-likeness (QED) is 0.613. The molecule has 3 rings (SSSR count). The fourth-order valence-corrected chi connectivity index (χ4v) is 3.07. The fraction of sp³-hybridized carbons (Fsp3) is 0.158. The monoisotopic (exact) mass is 352 g/mol. The van der Waals surface area contributed by atoms with Crippen LogP contribution in [-0.2, 0) is 0 Å². The Bertz CT molecular complexity index is 848. The first-order valence-electron chi connectivity index (χ1n) is 7.98. The average molecular weight is 352 g/mol. The van der Waals surface area contributed by atoms with Gasteiger partial charge in [-0.25, -0.2) is 4.98 Å². The number of phenolic OH excluding ortho intramolecular Hbond substituents is 1. The number of phenols is 1. The van der Waals surface area contributed by atoms with Crippen LogP contribution in [0, 0.1) is 0 Å². The first-order chi connectivity index (χ1) is 12.0. The van der Waals surface area contributed by atoms with Crippen LogP contribution in [0.15, 0.2) is 64.4 Å². The summed E-state index contributed by atoms with van der Waals surface area (Å²) in [5, 5.41) is 12.6. The van der Waals surface area contributed by atoms with Crippen molar-refractivity contribution < 1.29 is 5.11 Å². The molecule has 0 aliphatic heterocycles. The van der Waals surface area contributed by atoms with E-state index in [1.807, 2.05) is 42.5 Å². The van der Waals surface area contributed by atoms with Crippen molar-refractivity contribution in [3.63, 3.8) is 0 Å². The molecule has 0 aliphatic rings. The van der Waals surface area contributed by atoms with Crippen LogP contribution >= 0.6 is 11.8 Å². The maximum atomic E-state index is 9.34. The highest BCUT2D eigenvalue weighted by Gasteiger charge is 2.06. The van der Waals surface area contributed by atoms with Crippen LogP contribution in [0.25, 0.3) is 0 Å². The van der Waals surface area contributed by atoms with E-state index >= 15 is 0 Å². The van der Waals surface area contributed by atoms with Crippen LogP contribution in [0.3, 0.4) is 0 Å². The standard InChI is InChI=1S/C19H20N4OS/c1-12(2)17-11-18(23-19(20)22-17)21-13-3-7-15(8-4-13)25-16-9-5-14(24)6-10-16/h3-12,24H,1-2H3,(H3,20,21,22,23). The Labute approximate surface area is 151 Å². The minimum Gasteiger partial charge on any atom is -0.508 e. The molecule has 0 atom stereocenters. The highest BCUT2D eigenvalue weighted by molar-refractivity contribution is 7.99. The van der Waals surface area contributed by atoms with Crippen molar-refractivity contribution in [1.82, 2.24) is 9.97 Å². The molecule has 0 fully saturated rings. The summed E-state index contributed by atoms with van der Waals surface area (Å²) in [6.07, 6.45) is 0. The number of nitrogen functional groups attached to an aromatic ring is 1. The molecule has 2 aromatic carbocycles. The third-order valence-electron chi connectivity index (χ3n) is 3.55. The van der Waals surface area contributed by atoms with Crippen LogP contribution in [0.1, 0.15) is 25.5 Å². The van der Waals surface area contributed by atoms with Crippen molar-refractivity contribution in [2.45, 2.75) is 29.6 Å². The van der Waals surface area contributed by atoms with E-state index in [-0.39, 0.29) is 17.6 Å². The van der Waals surface area contributed by atoms with E-state index in [1.165, 1.54) is 0 Å². The smallest absolute Gasteiger partial charge is 0.222 e. The first-order valence-corrected chi connectivity index (χ1v) is 8.79. The maximum Gasteiger partial charge on any atom is 0.222 e. The number of rotatable bonds is 5. The number of nitrogens with two attached hydrogens (primary N) is 1. The minimum atomic E-state index is 0.271. The summed E-state index contributed by atoms with van der Waals surface area (Å²) in [5.74, 6) is 1.52. The summed E-state index contributed by atoms with van der Waals surface area (Å²) in [7, 11) is 0. The Morgan fingerprint density at radius 3 is 2.16 bits per heavy atom. The second-order valence-corrected chi connectivity index (χ2v) is 7.08. The van der Waals surface area contributed by atoms with Crippen molar-refractivity contribution in [3.8, 4) is 5.75 Å². The molecule has 128 valence electrons. The number of hydrogen-bond acceptors (Lipinski definition) is 6. The van der Waals surface area contributed by atoms with Crippen LogP contribution < -0.4 is 11.1 Å². The zero-order valence-electron chi connectivity index (χ0n) is 14.1. The van der Waals surface area contributed by atoms with Crippen LogP contribution in [0.5, 0.6) is 5.75 Å². The molecule has 25 heavy (non-hydrogen) atoms. The van der Waals surface area contributed by atoms with Crippen LogP contribution in [0.4, 0.5) is 17.5 Å². The Balaban J connectivity index is 1.71. The molecule has 5 nitrogen and oxygen atoms in total. The molecular formula is C19H20N4OS. The molecule has 4 N–H and O–H groups in total. The van der Waals surface area contributed by atoms with E-state index < -0.39 is 0 Å². The Hall–Kier alpha value is -2.73. The minimum absolute atomic E-state index is 0.271. The Kier molecular flexibility index (Phi) is 5.09. The molecule has 0 saturated carbocycles. The van der Waals surface area contributed by atoms with Gasteiger partial charge in [0.05, 0.1) is 5.69 Å². The average Bonchev–Trinajstić information content (AvgIpc) is 2.58. The van der Waals surface area contributed by atoms with Crippen molar-refractivity contribution in [1.29, 1.82) is 0 Å². The second-order valence-electron chi connectivity index (χ2n) is 5.94. The van der Waals surface area contributed by atoms with Gasteiger partial charge in [-0.05, 0) is 54.4 Å². The van der Waals surface area contributed by atoms with Crippen LogP contribution in [0.2, 0.25) is 0 Å². The van der Waals surface area contributed by atoms with Crippen molar-refractivity contribution in [3.05, 3.63) is 60.3 Å². The Morgan fingerprint density at radius 2 is 1.56 bits per heavy atom. The predicted molar refractivity (Wildman–Crippen MR) is 102 cm³/mol. The van der Waals surface area contributed by atoms with E-state index in [4.69, 9.17) is 5.73 Å². The number of aromatic hydroxyl groups is 1. The lowest BCUT2D eigenvalue weighted by molar-refractivity contribution is 0.475. The van der Waals surface area contributed by atoms with Gasteiger partial charge in [0.1, 0.15) is 11.6 Å². The van der Waals surface area contributed by atoms with Crippen molar-refractivity contribution in [2.24, 2.45) is 0 Å². The SMILES string of the molecule is CC(C)c1cc(Nc2ccc(Sc3ccc(O)cc3)cc2)nc(N)n1. The predicted octanol–water partition coefficient (Wildman–Crippen LogP) is 4.78. The Morgan fingerprint density at radius 1 is 0.960 bits per heavy atom. The van der Waals surface area contributed by atoms with Crippen molar-refractivity contribution in [2.75, 3.05) is 11.1 Å². The summed E-state index contributed by atoms with van der Waals surface area (Å²) < 4.78 is 0. The third-order valence-corrected chi connectivity index (χ3v) is 4.57. The van der Waals surface area contributed by atoms with E-state index in [0.717, 1.165) is 21.2 Å². The summed E-state index contributed by atoms with van der Waals surface area (Å²) in [5.41, 5.74) is 7.63. The van der Waals surface area contributed by atoms with Gasteiger partial charge in [0, 0.05) is 21.5 Å². The van der Waals surface area contributed by atoms with Gasteiger partial charge in [-0.15, -0.1) is 0 Å². The highest BCUT2D eigenvalue weighted by atomic mass is 32.2. The number of hydrogen-bond donors (Lipinski definition) is 3. The zero-order valence-corrected chi connectivity index (χ0v) is 14.9. The number of anilines is 3. The van der Waals surface area contributed by atoms with E-state index in [2.05, 4.69) is 29.1 Å². The summed E-state index contributed by atoms with van der Waals surface area (Å²) in [6, 6.07) is 17.1. The van der Waals surface area contributed by atoms with Crippen molar-refractivity contribution >= 4 is 29.2 Å². The largest absolute Gasteiger partial charge is 0.508 e. The number of benzene rings is 2. The molecule has 0 amide bonds. The normalized spacial score (nSPS) is 10.8. The molecule has 0 radical (unpaired) electrons. The lowest BCUT2D eigenvalue weighted by atomic mass is 10.1. The second kappa shape index (κ2) is 7.44. The highest BCUT2D eigenvalue weighted by Crippen LogP contribution is 2.30. The molecule has 0 spiro atoms. The topological polar surface area (TPSA) is 84.1 Å². The summed E-state index contributed by atoms with van der Waals surface area (Å²) in [4.78, 5) is 10.7. The molecule has 0 bridgehead atoms. The lowest BCUT2D eigenvalue weighted by Crippen LogP contribution is -2.04. The van der Waals surface area contributed by atoms with Gasteiger partial charge in [0.15, 0.2) is 0 Å². The molecular weight excluding hydrogens is 332 g/mol. The summed E-state index contributed by atoms with van der Waals surface area (Å²) in [6.45, 7) is 4.14. The van der Waals surface area contributed by atoms with Gasteiger partial charge >= 0.3 is 0 Å².